The zero-order valence-electron chi connectivity index (χ0n) is 14.4. The number of aromatic nitrogens is 1. The molecule has 0 bridgehead atoms. The molecule has 2 heterocycles. The van der Waals surface area contributed by atoms with Crippen LogP contribution in [0.3, 0.4) is 0 Å². The Kier molecular flexibility index (Phi) is 3.76. The molecule has 0 amide bonds. The van der Waals surface area contributed by atoms with Crippen molar-refractivity contribution in [3.8, 4) is 5.75 Å². The van der Waals surface area contributed by atoms with E-state index in [9.17, 15) is 9.90 Å². The molecule has 120 valence electrons. The quantitative estimate of drug-likeness (QED) is 0.809. The lowest BCUT2D eigenvalue weighted by Crippen LogP contribution is -2.22. The molecule has 0 spiro atoms. The Morgan fingerprint density at radius 1 is 1.14 bits per heavy atom. The van der Waals surface area contributed by atoms with Gasteiger partial charge in [0.15, 0.2) is 0 Å². The lowest BCUT2D eigenvalue weighted by atomic mass is 9.79. The number of aromatic hydroxyl groups is 1. The van der Waals surface area contributed by atoms with Gasteiger partial charge in [0.1, 0.15) is 5.75 Å². The molecule has 0 saturated heterocycles. The van der Waals surface area contributed by atoms with Gasteiger partial charge >= 0.3 is 5.97 Å². The van der Waals surface area contributed by atoms with Crippen molar-refractivity contribution >= 4 is 11.5 Å². The minimum Gasteiger partial charge on any atom is -0.505 e. The SMILES string of the molecule is COC(=O)c1ccn2c(C(C)(C)C)c(C(C)(C)C)c(O)c2c1. The van der Waals surface area contributed by atoms with Crippen molar-refractivity contribution in [3.63, 3.8) is 0 Å². The molecule has 0 unspecified atom stereocenters. The van der Waals surface area contributed by atoms with Crippen molar-refractivity contribution in [1.29, 1.82) is 0 Å². The highest BCUT2D eigenvalue weighted by atomic mass is 16.5. The Morgan fingerprint density at radius 3 is 2.18 bits per heavy atom. The molecular formula is C18H25NO3. The molecule has 4 heteroatoms. The Hall–Kier alpha value is -1.97. The van der Waals surface area contributed by atoms with E-state index < -0.39 is 5.97 Å². The van der Waals surface area contributed by atoms with Crippen molar-refractivity contribution < 1.29 is 14.6 Å². The Morgan fingerprint density at radius 2 is 1.73 bits per heavy atom. The maximum atomic E-state index is 11.7. The lowest BCUT2D eigenvalue weighted by Gasteiger charge is -2.27. The van der Waals surface area contributed by atoms with Gasteiger partial charge < -0.3 is 14.2 Å². The summed E-state index contributed by atoms with van der Waals surface area (Å²) < 4.78 is 6.74. The normalized spacial score (nSPS) is 12.7. The maximum Gasteiger partial charge on any atom is 0.337 e. The van der Waals surface area contributed by atoms with Crippen LogP contribution in [-0.2, 0) is 15.6 Å². The van der Waals surface area contributed by atoms with Crippen LogP contribution in [0.2, 0.25) is 0 Å². The van der Waals surface area contributed by atoms with Crippen molar-refractivity contribution in [1.82, 2.24) is 4.40 Å². The zero-order chi connectivity index (χ0) is 16.9. The van der Waals surface area contributed by atoms with Crippen LogP contribution >= 0.6 is 0 Å². The molecular weight excluding hydrogens is 278 g/mol. The van der Waals surface area contributed by atoms with Gasteiger partial charge in [-0.3, -0.25) is 0 Å². The second-order valence-corrected chi connectivity index (χ2v) is 7.73. The third-order valence-corrected chi connectivity index (χ3v) is 3.79. The lowest BCUT2D eigenvalue weighted by molar-refractivity contribution is 0.0600. The van der Waals surface area contributed by atoms with Gasteiger partial charge in [-0.15, -0.1) is 0 Å². The highest BCUT2D eigenvalue weighted by molar-refractivity contribution is 5.91. The summed E-state index contributed by atoms with van der Waals surface area (Å²) in [7, 11) is 1.35. The molecule has 2 aromatic rings. The van der Waals surface area contributed by atoms with E-state index in [2.05, 4.69) is 41.5 Å². The van der Waals surface area contributed by atoms with Crippen molar-refractivity contribution in [2.45, 2.75) is 52.4 Å². The van der Waals surface area contributed by atoms with E-state index in [1.807, 2.05) is 10.6 Å². The summed E-state index contributed by atoms with van der Waals surface area (Å²) in [5.41, 5.74) is 2.70. The van der Waals surface area contributed by atoms with Gasteiger partial charge in [-0.2, -0.15) is 0 Å². The molecule has 0 aliphatic heterocycles. The monoisotopic (exact) mass is 303 g/mol. The number of carbonyl (C=O) groups excluding carboxylic acids is 1. The van der Waals surface area contributed by atoms with Gasteiger partial charge in [-0.1, -0.05) is 41.5 Å². The predicted octanol–water partition coefficient (Wildman–Crippen LogP) is 4.03. The molecule has 2 rings (SSSR count). The molecule has 0 aliphatic carbocycles. The Labute approximate surface area is 131 Å². The summed E-state index contributed by atoms with van der Waals surface area (Å²) in [6.07, 6.45) is 1.83. The van der Waals surface area contributed by atoms with Crippen LogP contribution < -0.4 is 0 Å². The van der Waals surface area contributed by atoms with Crippen molar-refractivity contribution in [2.75, 3.05) is 7.11 Å². The number of rotatable bonds is 1. The summed E-state index contributed by atoms with van der Waals surface area (Å²) in [6.45, 7) is 12.6. The van der Waals surface area contributed by atoms with Crippen LogP contribution in [0.1, 0.15) is 63.2 Å². The van der Waals surface area contributed by atoms with Crippen LogP contribution in [0, 0.1) is 0 Å². The summed E-state index contributed by atoms with van der Waals surface area (Å²) in [5.74, 6) is -0.166. The molecule has 2 aromatic heterocycles. The largest absolute Gasteiger partial charge is 0.505 e. The Balaban J connectivity index is 2.89. The molecule has 22 heavy (non-hydrogen) atoms. The fourth-order valence-corrected chi connectivity index (χ4v) is 2.93. The number of carbonyl (C=O) groups is 1. The third-order valence-electron chi connectivity index (χ3n) is 3.79. The predicted molar refractivity (Wildman–Crippen MR) is 87.8 cm³/mol. The van der Waals surface area contributed by atoms with Gasteiger partial charge in [-0.05, 0) is 17.5 Å². The summed E-state index contributed by atoms with van der Waals surface area (Å²) >= 11 is 0. The zero-order valence-corrected chi connectivity index (χ0v) is 14.4. The molecule has 4 nitrogen and oxygen atoms in total. The van der Waals surface area contributed by atoms with Crippen LogP contribution in [-0.4, -0.2) is 22.6 Å². The van der Waals surface area contributed by atoms with Gasteiger partial charge in [-0.25, -0.2) is 4.79 Å². The molecule has 1 N–H and O–H groups in total. The van der Waals surface area contributed by atoms with Gasteiger partial charge in [0.05, 0.1) is 18.2 Å². The molecule has 0 aromatic carbocycles. The summed E-state index contributed by atoms with van der Waals surface area (Å²) in [4.78, 5) is 11.7. The fourth-order valence-electron chi connectivity index (χ4n) is 2.93. The number of hydrogen-bond acceptors (Lipinski definition) is 3. The van der Waals surface area contributed by atoms with Crippen LogP contribution in [0.4, 0.5) is 0 Å². The van der Waals surface area contributed by atoms with E-state index in [-0.39, 0.29) is 16.6 Å². The van der Waals surface area contributed by atoms with E-state index in [4.69, 9.17) is 4.74 Å². The molecule has 0 fully saturated rings. The summed E-state index contributed by atoms with van der Waals surface area (Å²) in [5, 5.41) is 10.8. The van der Waals surface area contributed by atoms with Crippen LogP contribution in [0.25, 0.3) is 5.52 Å². The molecule has 0 saturated carbocycles. The van der Waals surface area contributed by atoms with Crippen LogP contribution in [0.15, 0.2) is 18.3 Å². The van der Waals surface area contributed by atoms with E-state index >= 15 is 0 Å². The first-order chi connectivity index (χ1) is 9.98. The number of hydrogen-bond donors (Lipinski definition) is 1. The fraction of sp³-hybridized carbons (Fsp3) is 0.500. The van der Waals surface area contributed by atoms with Crippen molar-refractivity contribution in [3.05, 3.63) is 35.2 Å². The molecule has 0 aliphatic rings. The highest BCUT2D eigenvalue weighted by Crippen LogP contribution is 2.43. The second kappa shape index (κ2) is 5.04. The number of esters is 1. The number of pyridine rings is 1. The average molecular weight is 303 g/mol. The number of ether oxygens (including phenoxy) is 1. The van der Waals surface area contributed by atoms with Crippen LogP contribution in [0.5, 0.6) is 5.75 Å². The first-order valence-corrected chi connectivity index (χ1v) is 7.44. The first-order valence-electron chi connectivity index (χ1n) is 7.44. The molecule has 0 radical (unpaired) electrons. The number of fused-ring (bicyclic) bond motifs is 1. The summed E-state index contributed by atoms with van der Waals surface area (Å²) in [6, 6.07) is 3.41. The number of methoxy groups -OCH3 is 1. The minimum absolute atomic E-state index is 0.140. The van der Waals surface area contributed by atoms with E-state index in [1.54, 1.807) is 12.1 Å². The third kappa shape index (κ3) is 2.58. The van der Waals surface area contributed by atoms with E-state index in [1.165, 1.54) is 7.11 Å². The standard InChI is InChI=1S/C18H25NO3/c1-17(2,3)13-14(20)12-10-11(16(21)22-7)8-9-19(12)15(13)18(4,5)6/h8-10,20H,1-7H3. The van der Waals surface area contributed by atoms with E-state index in [0.29, 0.717) is 11.1 Å². The van der Waals surface area contributed by atoms with Gasteiger partial charge in [0.25, 0.3) is 0 Å². The van der Waals surface area contributed by atoms with Gasteiger partial charge in [0, 0.05) is 22.9 Å². The molecule has 0 atom stereocenters. The topological polar surface area (TPSA) is 50.9 Å². The average Bonchev–Trinajstić information content (AvgIpc) is 2.70. The Bertz CT molecular complexity index is 727. The second-order valence-electron chi connectivity index (χ2n) is 7.73. The minimum atomic E-state index is -0.405. The van der Waals surface area contributed by atoms with Gasteiger partial charge in [0.2, 0.25) is 0 Å². The number of nitrogens with zero attached hydrogens (tertiary/aromatic N) is 1. The van der Waals surface area contributed by atoms with E-state index in [0.717, 1.165) is 11.3 Å². The highest BCUT2D eigenvalue weighted by Gasteiger charge is 2.33. The smallest absolute Gasteiger partial charge is 0.337 e. The maximum absolute atomic E-state index is 11.7. The van der Waals surface area contributed by atoms with Crippen molar-refractivity contribution in [2.24, 2.45) is 0 Å². The first kappa shape index (κ1) is 16.4.